The Labute approximate surface area is 262 Å². The largest absolute Gasteiger partial charge is 0.487 e. The fourth-order valence-electron chi connectivity index (χ4n) is 4.57. The van der Waals surface area contributed by atoms with Gasteiger partial charge < -0.3 is 9.47 Å². The maximum atomic E-state index is 13.9. The van der Waals surface area contributed by atoms with Crippen molar-refractivity contribution in [3.63, 3.8) is 0 Å². The van der Waals surface area contributed by atoms with Crippen LogP contribution in [0.2, 0.25) is 0 Å². The van der Waals surface area contributed by atoms with E-state index >= 15 is 0 Å². The van der Waals surface area contributed by atoms with Crippen molar-refractivity contribution in [3.8, 4) is 5.75 Å². The molecule has 4 aromatic rings. The average molecular weight is 715 g/mol. The molecule has 10 heteroatoms. The SMILES string of the molecule is CCOC(=O)C1=C(C)N=c2s/c(=C\c3cc(Br)c(OCc4ccccc4)c(Br)c3)c(=O)n2[C@H]1c1ccc(SC)cc1. The van der Waals surface area contributed by atoms with Gasteiger partial charge >= 0.3 is 5.97 Å². The average Bonchev–Trinajstić information content (AvgIpc) is 3.26. The number of allylic oxidation sites excluding steroid dienone is 1. The van der Waals surface area contributed by atoms with Gasteiger partial charge in [-0.2, -0.15) is 0 Å². The first-order valence-electron chi connectivity index (χ1n) is 12.8. The van der Waals surface area contributed by atoms with Crippen LogP contribution < -0.4 is 19.6 Å². The van der Waals surface area contributed by atoms with E-state index in [1.807, 2.05) is 79.1 Å². The highest BCUT2D eigenvalue weighted by Gasteiger charge is 2.33. The lowest BCUT2D eigenvalue weighted by Crippen LogP contribution is -2.39. The summed E-state index contributed by atoms with van der Waals surface area (Å²) < 4.78 is 15.1. The number of nitrogens with zero attached hydrogens (tertiary/aromatic N) is 2. The highest BCUT2D eigenvalue weighted by Crippen LogP contribution is 2.36. The van der Waals surface area contributed by atoms with E-state index in [0.717, 1.165) is 30.5 Å². The van der Waals surface area contributed by atoms with Crippen LogP contribution >= 0.6 is 55.0 Å². The monoisotopic (exact) mass is 712 g/mol. The van der Waals surface area contributed by atoms with Crippen molar-refractivity contribution >= 4 is 67.0 Å². The first kappa shape index (κ1) is 29.6. The molecule has 0 saturated carbocycles. The summed E-state index contributed by atoms with van der Waals surface area (Å²) in [7, 11) is 0. The van der Waals surface area contributed by atoms with E-state index in [2.05, 4.69) is 36.9 Å². The van der Waals surface area contributed by atoms with Crippen LogP contribution in [0, 0.1) is 0 Å². The molecule has 2 heterocycles. The number of fused-ring (bicyclic) bond motifs is 1. The number of ether oxygens (including phenoxy) is 2. The Morgan fingerprint density at radius 1 is 1.10 bits per heavy atom. The van der Waals surface area contributed by atoms with E-state index in [1.54, 1.807) is 30.2 Å². The Kier molecular flexibility index (Phi) is 9.33. The zero-order valence-corrected chi connectivity index (χ0v) is 27.3. The van der Waals surface area contributed by atoms with Gasteiger partial charge in [0.05, 0.1) is 37.4 Å². The zero-order chi connectivity index (χ0) is 29.1. The van der Waals surface area contributed by atoms with Gasteiger partial charge in [0.1, 0.15) is 12.4 Å². The van der Waals surface area contributed by atoms with Crippen LogP contribution in [0.1, 0.15) is 36.6 Å². The van der Waals surface area contributed by atoms with Crippen molar-refractivity contribution in [1.82, 2.24) is 4.57 Å². The molecule has 0 amide bonds. The third-order valence-electron chi connectivity index (χ3n) is 6.49. The van der Waals surface area contributed by atoms with Crippen LogP contribution in [0.4, 0.5) is 0 Å². The number of halogens is 2. The summed E-state index contributed by atoms with van der Waals surface area (Å²) in [5.41, 5.74) is 3.38. The maximum absolute atomic E-state index is 13.9. The smallest absolute Gasteiger partial charge is 0.338 e. The summed E-state index contributed by atoms with van der Waals surface area (Å²) in [5, 5.41) is 0. The fraction of sp³-hybridized carbons (Fsp3) is 0.194. The normalized spacial score (nSPS) is 15.0. The lowest BCUT2D eigenvalue weighted by Gasteiger charge is -2.24. The molecule has 3 aromatic carbocycles. The van der Waals surface area contributed by atoms with Crippen molar-refractivity contribution < 1.29 is 14.3 Å². The summed E-state index contributed by atoms with van der Waals surface area (Å²) in [6.45, 7) is 4.21. The van der Waals surface area contributed by atoms with Crippen molar-refractivity contribution in [1.29, 1.82) is 0 Å². The summed E-state index contributed by atoms with van der Waals surface area (Å²) in [6.07, 6.45) is 3.84. The van der Waals surface area contributed by atoms with Crippen molar-refractivity contribution in [3.05, 3.63) is 123 Å². The summed E-state index contributed by atoms with van der Waals surface area (Å²) in [5.74, 6) is 0.205. The predicted octanol–water partition coefficient (Wildman–Crippen LogP) is 6.62. The highest BCUT2D eigenvalue weighted by molar-refractivity contribution is 9.11. The number of hydrogen-bond donors (Lipinski definition) is 0. The highest BCUT2D eigenvalue weighted by atomic mass is 79.9. The Morgan fingerprint density at radius 2 is 1.78 bits per heavy atom. The summed E-state index contributed by atoms with van der Waals surface area (Å²) >= 11 is 10.2. The molecule has 1 aliphatic rings. The minimum atomic E-state index is -0.643. The molecule has 210 valence electrons. The third-order valence-corrected chi connectivity index (χ3v) is 9.40. The van der Waals surface area contributed by atoms with Gasteiger partial charge in [0.25, 0.3) is 5.56 Å². The molecule has 1 aliphatic heterocycles. The van der Waals surface area contributed by atoms with Gasteiger partial charge in [0.15, 0.2) is 4.80 Å². The lowest BCUT2D eigenvalue weighted by molar-refractivity contribution is -0.139. The molecule has 0 radical (unpaired) electrons. The predicted molar refractivity (Wildman–Crippen MR) is 171 cm³/mol. The fourth-order valence-corrected chi connectivity index (χ4v) is 7.48. The molecule has 1 atom stereocenters. The Morgan fingerprint density at radius 3 is 2.41 bits per heavy atom. The molecule has 0 N–H and O–H groups in total. The molecular weight excluding hydrogens is 688 g/mol. The summed E-state index contributed by atoms with van der Waals surface area (Å²) in [6, 6.07) is 21.0. The second-order valence-electron chi connectivity index (χ2n) is 9.16. The van der Waals surface area contributed by atoms with Crippen LogP contribution in [-0.4, -0.2) is 23.4 Å². The number of thiazole rings is 1. The van der Waals surface area contributed by atoms with Gasteiger partial charge in [-0.25, -0.2) is 9.79 Å². The van der Waals surface area contributed by atoms with Crippen LogP contribution in [0.5, 0.6) is 5.75 Å². The van der Waals surface area contributed by atoms with Crippen LogP contribution in [0.25, 0.3) is 6.08 Å². The first-order chi connectivity index (χ1) is 19.8. The molecule has 0 aliphatic carbocycles. The first-order valence-corrected chi connectivity index (χ1v) is 16.4. The van der Waals surface area contributed by atoms with Crippen LogP contribution in [-0.2, 0) is 16.1 Å². The van der Waals surface area contributed by atoms with E-state index in [4.69, 9.17) is 9.47 Å². The minimum Gasteiger partial charge on any atom is -0.487 e. The standard InChI is InChI=1S/C31H26Br2N2O4S2/c1-4-38-30(37)26-18(2)34-31-35(27(26)21-10-12-22(40-3)13-11-21)29(36)25(41-31)16-20-14-23(32)28(24(33)15-20)39-17-19-8-6-5-7-9-19/h5-16,27H,4,17H2,1-3H3/b25-16-/t27-/m0/s1. The maximum Gasteiger partial charge on any atom is 0.338 e. The van der Waals surface area contributed by atoms with Gasteiger partial charge in [-0.3, -0.25) is 9.36 Å². The molecule has 0 saturated heterocycles. The number of esters is 1. The van der Waals surface area contributed by atoms with Crippen LogP contribution in [0.3, 0.4) is 0 Å². The number of thioether (sulfide) groups is 1. The lowest BCUT2D eigenvalue weighted by atomic mass is 9.96. The molecule has 0 unspecified atom stereocenters. The topological polar surface area (TPSA) is 69.9 Å². The number of carbonyl (C=O) groups is 1. The van der Waals surface area contributed by atoms with E-state index < -0.39 is 12.0 Å². The van der Waals surface area contributed by atoms with Gasteiger partial charge in [0.2, 0.25) is 0 Å². The van der Waals surface area contributed by atoms with Crippen molar-refractivity contribution in [2.24, 2.45) is 4.99 Å². The number of aromatic nitrogens is 1. The zero-order valence-electron chi connectivity index (χ0n) is 22.5. The Hall–Kier alpha value is -2.92. The van der Waals surface area contributed by atoms with E-state index in [9.17, 15) is 9.59 Å². The third kappa shape index (κ3) is 6.30. The van der Waals surface area contributed by atoms with Gasteiger partial charge in [-0.15, -0.1) is 11.8 Å². The van der Waals surface area contributed by atoms with Gasteiger partial charge in [-0.05, 0) is 99.0 Å². The molecule has 41 heavy (non-hydrogen) atoms. The quantitative estimate of drug-likeness (QED) is 0.152. The molecule has 0 fully saturated rings. The van der Waals surface area contributed by atoms with Gasteiger partial charge in [-0.1, -0.05) is 53.8 Å². The Bertz CT molecular complexity index is 1790. The summed E-state index contributed by atoms with van der Waals surface area (Å²) in [4.78, 5) is 33.3. The number of hydrogen-bond acceptors (Lipinski definition) is 7. The number of rotatable bonds is 8. The van der Waals surface area contributed by atoms with Gasteiger partial charge in [0, 0.05) is 4.90 Å². The van der Waals surface area contributed by atoms with E-state index in [1.165, 1.54) is 11.3 Å². The molecule has 6 nitrogen and oxygen atoms in total. The van der Waals surface area contributed by atoms with Crippen LogP contribution in [0.15, 0.2) is 102 Å². The van der Waals surface area contributed by atoms with E-state index in [-0.39, 0.29) is 12.2 Å². The van der Waals surface area contributed by atoms with E-state index in [0.29, 0.717) is 33.0 Å². The number of carbonyl (C=O) groups excluding carboxylic acids is 1. The van der Waals surface area contributed by atoms with Crippen molar-refractivity contribution in [2.45, 2.75) is 31.4 Å². The second kappa shape index (κ2) is 12.9. The minimum absolute atomic E-state index is 0.223. The molecular formula is C31H26Br2N2O4S2. The molecule has 5 rings (SSSR count). The second-order valence-corrected chi connectivity index (χ2v) is 12.8. The molecule has 0 bridgehead atoms. The Balaban J connectivity index is 1.56. The molecule has 1 aromatic heterocycles. The molecule has 0 spiro atoms. The van der Waals surface area contributed by atoms with Crippen molar-refractivity contribution in [2.75, 3.05) is 12.9 Å². The number of benzene rings is 3.